The van der Waals surface area contributed by atoms with E-state index in [1.807, 2.05) is 0 Å². The van der Waals surface area contributed by atoms with Crippen molar-refractivity contribution in [2.75, 3.05) is 19.6 Å². The molecule has 4 unspecified atom stereocenters. The summed E-state index contributed by atoms with van der Waals surface area (Å²) in [4.78, 5) is 2.87. The number of nitrogens with zero attached hydrogens (tertiary/aromatic N) is 1. The van der Waals surface area contributed by atoms with Gasteiger partial charge in [-0.1, -0.05) is 33.6 Å². The fraction of sp³-hybridized carbons (Fsp3) is 1.00. The lowest BCUT2D eigenvalue weighted by atomic mass is 9.92. The second-order valence-electron chi connectivity index (χ2n) is 5.96. The molecule has 0 saturated carbocycles. The predicted octanol–water partition coefficient (Wildman–Crippen LogP) is 2.89. The standard InChI is InChI=1S/C15H30N2/c1-4-7-8-13(5-2)17-11-12-9-16-10-14(12)15(17)6-3/h12-16H,4-11H2,1-3H3. The molecule has 1 N–H and O–H groups in total. The van der Waals surface area contributed by atoms with E-state index >= 15 is 0 Å². The number of hydrogen-bond donors (Lipinski definition) is 1. The second-order valence-corrected chi connectivity index (χ2v) is 5.96. The van der Waals surface area contributed by atoms with E-state index < -0.39 is 0 Å². The molecule has 2 heteroatoms. The first kappa shape index (κ1) is 13.4. The van der Waals surface area contributed by atoms with Crippen molar-refractivity contribution in [2.24, 2.45) is 11.8 Å². The Labute approximate surface area is 107 Å². The first-order valence-corrected chi connectivity index (χ1v) is 7.78. The van der Waals surface area contributed by atoms with Gasteiger partial charge in [0.25, 0.3) is 0 Å². The minimum atomic E-state index is 0.852. The average Bonchev–Trinajstić information content (AvgIpc) is 2.90. The maximum atomic E-state index is 3.58. The molecule has 0 aromatic heterocycles. The molecule has 2 fully saturated rings. The molecule has 2 saturated heterocycles. The number of likely N-dealkylation sites (tertiary alicyclic amines) is 1. The van der Waals surface area contributed by atoms with Crippen LogP contribution in [0.4, 0.5) is 0 Å². The van der Waals surface area contributed by atoms with Crippen LogP contribution >= 0.6 is 0 Å². The third-order valence-electron chi connectivity index (χ3n) is 5.01. The highest BCUT2D eigenvalue weighted by Gasteiger charge is 2.44. The van der Waals surface area contributed by atoms with Gasteiger partial charge in [-0.3, -0.25) is 4.90 Å². The number of hydrogen-bond acceptors (Lipinski definition) is 2. The first-order valence-electron chi connectivity index (χ1n) is 7.78. The Morgan fingerprint density at radius 3 is 2.71 bits per heavy atom. The molecule has 17 heavy (non-hydrogen) atoms. The maximum Gasteiger partial charge on any atom is 0.0140 e. The van der Waals surface area contributed by atoms with Crippen molar-refractivity contribution in [3.63, 3.8) is 0 Å². The molecule has 2 nitrogen and oxygen atoms in total. The van der Waals surface area contributed by atoms with Gasteiger partial charge in [-0.2, -0.15) is 0 Å². The van der Waals surface area contributed by atoms with E-state index in [0.29, 0.717) is 0 Å². The summed E-state index contributed by atoms with van der Waals surface area (Å²) in [7, 11) is 0. The van der Waals surface area contributed by atoms with Crippen molar-refractivity contribution in [2.45, 2.75) is 65.0 Å². The van der Waals surface area contributed by atoms with E-state index in [-0.39, 0.29) is 0 Å². The van der Waals surface area contributed by atoms with Gasteiger partial charge in [0.05, 0.1) is 0 Å². The van der Waals surface area contributed by atoms with Gasteiger partial charge >= 0.3 is 0 Å². The van der Waals surface area contributed by atoms with Gasteiger partial charge in [0.1, 0.15) is 0 Å². The zero-order valence-corrected chi connectivity index (χ0v) is 11.9. The Bertz CT molecular complexity index is 229. The van der Waals surface area contributed by atoms with Crippen LogP contribution in [0.25, 0.3) is 0 Å². The molecule has 0 bridgehead atoms. The van der Waals surface area contributed by atoms with Crippen molar-refractivity contribution in [3.05, 3.63) is 0 Å². The maximum absolute atomic E-state index is 3.58. The quantitative estimate of drug-likeness (QED) is 0.765. The van der Waals surface area contributed by atoms with Crippen LogP contribution in [0.5, 0.6) is 0 Å². The normalized spacial score (nSPS) is 35.1. The molecule has 2 aliphatic rings. The Hall–Kier alpha value is -0.0800. The Kier molecular flexibility index (Phi) is 4.87. The summed E-state index contributed by atoms with van der Waals surface area (Å²) in [6.45, 7) is 11.0. The molecular weight excluding hydrogens is 208 g/mol. The molecule has 0 amide bonds. The molecule has 0 spiro atoms. The lowest BCUT2D eigenvalue weighted by Crippen LogP contribution is -2.42. The topological polar surface area (TPSA) is 15.3 Å². The number of rotatable bonds is 6. The van der Waals surface area contributed by atoms with Gasteiger partial charge < -0.3 is 5.32 Å². The zero-order valence-electron chi connectivity index (χ0n) is 11.9. The number of fused-ring (bicyclic) bond motifs is 1. The van der Waals surface area contributed by atoms with Crippen LogP contribution in [-0.4, -0.2) is 36.6 Å². The summed E-state index contributed by atoms with van der Waals surface area (Å²) in [5, 5.41) is 3.58. The predicted molar refractivity (Wildman–Crippen MR) is 74.2 cm³/mol. The van der Waals surface area contributed by atoms with E-state index in [4.69, 9.17) is 0 Å². The molecule has 0 radical (unpaired) electrons. The van der Waals surface area contributed by atoms with Gasteiger partial charge in [0.2, 0.25) is 0 Å². The minimum absolute atomic E-state index is 0.852. The number of unbranched alkanes of at least 4 members (excludes halogenated alkanes) is 1. The molecule has 2 rings (SSSR count). The third kappa shape index (κ3) is 2.68. The average molecular weight is 238 g/mol. The minimum Gasteiger partial charge on any atom is -0.316 e. The fourth-order valence-electron chi connectivity index (χ4n) is 4.06. The summed E-state index contributed by atoms with van der Waals surface area (Å²) >= 11 is 0. The van der Waals surface area contributed by atoms with Crippen molar-refractivity contribution >= 4 is 0 Å². The summed E-state index contributed by atoms with van der Waals surface area (Å²) in [6.07, 6.45) is 6.83. The van der Waals surface area contributed by atoms with Crippen LogP contribution in [0, 0.1) is 11.8 Å². The van der Waals surface area contributed by atoms with E-state index in [9.17, 15) is 0 Å². The Morgan fingerprint density at radius 1 is 1.24 bits per heavy atom. The molecule has 0 aromatic carbocycles. The summed E-state index contributed by atoms with van der Waals surface area (Å²) < 4.78 is 0. The highest BCUT2D eigenvalue weighted by molar-refractivity contribution is 4.99. The third-order valence-corrected chi connectivity index (χ3v) is 5.01. The van der Waals surface area contributed by atoms with Crippen LogP contribution in [0.1, 0.15) is 52.9 Å². The zero-order chi connectivity index (χ0) is 12.3. The molecule has 2 heterocycles. The van der Waals surface area contributed by atoms with Crippen molar-refractivity contribution in [3.8, 4) is 0 Å². The van der Waals surface area contributed by atoms with Crippen molar-refractivity contribution < 1.29 is 0 Å². The largest absolute Gasteiger partial charge is 0.316 e. The monoisotopic (exact) mass is 238 g/mol. The Morgan fingerprint density at radius 2 is 2.06 bits per heavy atom. The number of nitrogens with one attached hydrogen (secondary N) is 1. The van der Waals surface area contributed by atoms with E-state index in [2.05, 4.69) is 31.0 Å². The lowest BCUT2D eigenvalue weighted by molar-refractivity contribution is 0.141. The van der Waals surface area contributed by atoms with Crippen molar-refractivity contribution in [1.29, 1.82) is 0 Å². The van der Waals surface area contributed by atoms with Gasteiger partial charge in [0, 0.05) is 18.6 Å². The fourth-order valence-corrected chi connectivity index (χ4v) is 4.06. The molecule has 4 atom stereocenters. The highest BCUT2D eigenvalue weighted by Crippen LogP contribution is 2.36. The molecule has 2 aliphatic heterocycles. The van der Waals surface area contributed by atoms with E-state index in [0.717, 1.165) is 23.9 Å². The first-order chi connectivity index (χ1) is 8.31. The van der Waals surface area contributed by atoms with Crippen LogP contribution in [-0.2, 0) is 0 Å². The van der Waals surface area contributed by atoms with Gasteiger partial charge in [-0.15, -0.1) is 0 Å². The summed E-state index contributed by atoms with van der Waals surface area (Å²) in [6, 6.07) is 1.71. The molecule has 0 aromatic rings. The smallest absolute Gasteiger partial charge is 0.0140 e. The van der Waals surface area contributed by atoms with E-state index in [1.54, 1.807) is 0 Å². The summed E-state index contributed by atoms with van der Waals surface area (Å²) in [5.74, 6) is 1.88. The van der Waals surface area contributed by atoms with Gasteiger partial charge in [0.15, 0.2) is 0 Å². The molecular formula is C15H30N2. The Balaban J connectivity index is 1.98. The molecule has 0 aliphatic carbocycles. The van der Waals surface area contributed by atoms with Gasteiger partial charge in [-0.25, -0.2) is 0 Å². The van der Waals surface area contributed by atoms with Crippen LogP contribution in [0.2, 0.25) is 0 Å². The highest BCUT2D eigenvalue weighted by atomic mass is 15.2. The lowest BCUT2D eigenvalue weighted by Gasteiger charge is -2.34. The van der Waals surface area contributed by atoms with E-state index in [1.165, 1.54) is 51.7 Å². The van der Waals surface area contributed by atoms with Crippen LogP contribution in [0.15, 0.2) is 0 Å². The SMILES string of the molecule is CCCCC(CC)N1CC2CNCC2C1CC. The summed E-state index contributed by atoms with van der Waals surface area (Å²) in [5.41, 5.74) is 0. The molecule has 100 valence electrons. The van der Waals surface area contributed by atoms with Gasteiger partial charge in [-0.05, 0) is 44.2 Å². The second kappa shape index (κ2) is 6.19. The van der Waals surface area contributed by atoms with Crippen LogP contribution in [0.3, 0.4) is 0 Å². The van der Waals surface area contributed by atoms with Crippen molar-refractivity contribution in [1.82, 2.24) is 10.2 Å². The van der Waals surface area contributed by atoms with Crippen LogP contribution < -0.4 is 5.32 Å².